The van der Waals surface area contributed by atoms with Crippen LogP contribution in [0.3, 0.4) is 0 Å². The maximum absolute atomic E-state index is 5.60. The lowest BCUT2D eigenvalue weighted by molar-refractivity contribution is 0.398. The van der Waals surface area contributed by atoms with Crippen LogP contribution in [-0.4, -0.2) is 9.97 Å². The van der Waals surface area contributed by atoms with Gasteiger partial charge in [-0.1, -0.05) is 72.8 Å². The lowest BCUT2D eigenvalue weighted by Crippen LogP contribution is -1.86. The second-order valence-corrected chi connectivity index (χ2v) is 8.98. The van der Waals surface area contributed by atoms with Gasteiger partial charge in [0.1, 0.15) is 0 Å². The van der Waals surface area contributed by atoms with Gasteiger partial charge in [0.2, 0.25) is 0 Å². The van der Waals surface area contributed by atoms with Crippen molar-refractivity contribution >= 4 is 43.6 Å². The van der Waals surface area contributed by atoms with E-state index in [0.717, 1.165) is 25.7 Å². The third kappa shape index (κ3) is 4.22. The molecular formula is C32H28N2O. The summed E-state index contributed by atoms with van der Waals surface area (Å²) < 4.78 is 5.60. The molecule has 2 aromatic heterocycles. The van der Waals surface area contributed by atoms with E-state index in [1.54, 1.807) is 12.5 Å². The Bertz CT molecular complexity index is 1560. The molecule has 2 N–H and O–H groups in total. The van der Waals surface area contributed by atoms with Gasteiger partial charge in [0, 0.05) is 43.6 Å². The third-order valence-electron chi connectivity index (χ3n) is 6.77. The molecule has 0 fully saturated rings. The van der Waals surface area contributed by atoms with Crippen molar-refractivity contribution in [3.8, 4) is 0 Å². The van der Waals surface area contributed by atoms with E-state index in [0.29, 0.717) is 0 Å². The molecule has 0 atom stereocenters. The van der Waals surface area contributed by atoms with Crippen molar-refractivity contribution in [2.45, 2.75) is 25.7 Å². The van der Waals surface area contributed by atoms with Gasteiger partial charge in [0.25, 0.3) is 0 Å². The van der Waals surface area contributed by atoms with Crippen LogP contribution in [0, 0.1) is 0 Å². The summed E-state index contributed by atoms with van der Waals surface area (Å²) in [5, 5.41) is 5.16. The highest BCUT2D eigenvalue weighted by molar-refractivity contribution is 6.09. The van der Waals surface area contributed by atoms with Crippen LogP contribution in [0.5, 0.6) is 0 Å². The molecule has 0 amide bonds. The lowest BCUT2D eigenvalue weighted by Gasteiger charge is -2.01. The fourth-order valence-corrected chi connectivity index (χ4v) is 5.05. The van der Waals surface area contributed by atoms with Gasteiger partial charge in [-0.25, -0.2) is 0 Å². The second-order valence-electron chi connectivity index (χ2n) is 8.98. The first-order chi connectivity index (χ1) is 17.4. The number of aryl methyl sites for hydroxylation is 2. The number of hydrogen-bond donors (Lipinski definition) is 2. The lowest BCUT2D eigenvalue weighted by atomic mass is 10.1. The summed E-state index contributed by atoms with van der Waals surface area (Å²) in [5.41, 5.74) is 7.55. The zero-order valence-corrected chi connectivity index (χ0v) is 19.6. The van der Waals surface area contributed by atoms with E-state index in [-0.39, 0.29) is 0 Å². The largest absolute Gasteiger partial charge is 0.473 e. The number of aromatic nitrogens is 2. The number of fused-ring (bicyclic) bond motifs is 6. The standard InChI is InChI=1S/C32H28N2O/c1-3-19-29-25(15-1)27-17-9-13-23(31(27)33-29)11-5-7-21-35-22-8-6-12-24-14-10-18-28-26-16-2-4-20-30(26)34-32(24)28/h1-4,7-10,13-22,33-34H,5-6,11-12H2. The van der Waals surface area contributed by atoms with Gasteiger partial charge in [-0.15, -0.1) is 0 Å². The highest BCUT2D eigenvalue weighted by Gasteiger charge is 2.08. The van der Waals surface area contributed by atoms with E-state index in [2.05, 4.69) is 107 Å². The smallest absolute Gasteiger partial charge is 0.0861 e. The number of allylic oxidation sites excluding steroid dienone is 2. The number of aromatic amines is 2. The highest BCUT2D eigenvalue weighted by atomic mass is 16.5. The van der Waals surface area contributed by atoms with Crippen molar-refractivity contribution in [2.24, 2.45) is 0 Å². The van der Waals surface area contributed by atoms with Crippen LogP contribution in [0.2, 0.25) is 0 Å². The van der Waals surface area contributed by atoms with Crippen LogP contribution in [-0.2, 0) is 17.6 Å². The Morgan fingerprint density at radius 1 is 0.514 bits per heavy atom. The SMILES string of the molecule is C(=COC=CCCc1cccc2c1[nH]c1ccccc12)CCc1cccc2c1[nH]c1ccccc12. The van der Waals surface area contributed by atoms with Gasteiger partial charge in [0.15, 0.2) is 0 Å². The van der Waals surface area contributed by atoms with Crippen molar-refractivity contribution in [3.63, 3.8) is 0 Å². The van der Waals surface area contributed by atoms with Gasteiger partial charge in [-0.05, 0) is 61.1 Å². The summed E-state index contributed by atoms with van der Waals surface area (Å²) in [7, 11) is 0. The molecule has 0 radical (unpaired) electrons. The topological polar surface area (TPSA) is 40.8 Å². The molecule has 0 unspecified atom stereocenters. The van der Waals surface area contributed by atoms with Gasteiger partial charge in [-0.2, -0.15) is 0 Å². The van der Waals surface area contributed by atoms with E-state index >= 15 is 0 Å². The zero-order chi connectivity index (χ0) is 23.5. The minimum Gasteiger partial charge on any atom is -0.473 e. The Kier molecular flexibility index (Phi) is 5.82. The Labute approximate surface area is 204 Å². The highest BCUT2D eigenvalue weighted by Crippen LogP contribution is 2.29. The maximum atomic E-state index is 5.60. The van der Waals surface area contributed by atoms with Crippen LogP contribution in [0.4, 0.5) is 0 Å². The van der Waals surface area contributed by atoms with E-state index in [1.165, 1.54) is 54.7 Å². The van der Waals surface area contributed by atoms with Crippen molar-refractivity contribution < 1.29 is 4.74 Å². The number of H-pyrrole nitrogens is 2. The molecular weight excluding hydrogens is 428 g/mol. The fourth-order valence-electron chi connectivity index (χ4n) is 5.05. The van der Waals surface area contributed by atoms with Gasteiger partial charge >= 0.3 is 0 Å². The van der Waals surface area contributed by atoms with Crippen LogP contribution in [0.1, 0.15) is 24.0 Å². The van der Waals surface area contributed by atoms with Crippen LogP contribution in [0.25, 0.3) is 43.6 Å². The summed E-state index contributed by atoms with van der Waals surface area (Å²) in [4.78, 5) is 7.17. The number of nitrogens with one attached hydrogen (secondary N) is 2. The molecule has 3 nitrogen and oxygen atoms in total. The molecule has 172 valence electrons. The molecule has 0 saturated heterocycles. The first-order valence-electron chi connectivity index (χ1n) is 12.3. The second kappa shape index (κ2) is 9.55. The van der Waals surface area contributed by atoms with Crippen LogP contribution in [0.15, 0.2) is 110 Å². The first kappa shape index (κ1) is 21.3. The number of hydrogen-bond acceptors (Lipinski definition) is 1. The zero-order valence-electron chi connectivity index (χ0n) is 19.6. The third-order valence-corrected chi connectivity index (χ3v) is 6.77. The molecule has 6 rings (SSSR count). The van der Waals surface area contributed by atoms with E-state index in [4.69, 9.17) is 4.74 Å². The van der Waals surface area contributed by atoms with Gasteiger partial charge in [0.05, 0.1) is 12.5 Å². The summed E-state index contributed by atoms with van der Waals surface area (Å²) in [6, 6.07) is 30.1. The molecule has 0 saturated carbocycles. The van der Waals surface area contributed by atoms with Crippen molar-refractivity contribution in [1.82, 2.24) is 9.97 Å². The molecule has 4 aromatic carbocycles. The number of rotatable bonds is 8. The van der Waals surface area contributed by atoms with Crippen molar-refractivity contribution in [2.75, 3.05) is 0 Å². The average Bonchev–Trinajstić information content (AvgIpc) is 3.47. The molecule has 3 heteroatoms. The Morgan fingerprint density at radius 3 is 1.49 bits per heavy atom. The summed E-state index contributed by atoms with van der Waals surface area (Å²) in [5.74, 6) is 0. The van der Waals surface area contributed by atoms with E-state index in [1.807, 2.05) is 0 Å². The van der Waals surface area contributed by atoms with E-state index < -0.39 is 0 Å². The van der Waals surface area contributed by atoms with Crippen molar-refractivity contribution in [3.05, 3.63) is 121 Å². The average molecular weight is 457 g/mol. The monoisotopic (exact) mass is 456 g/mol. The molecule has 0 aliphatic carbocycles. The van der Waals surface area contributed by atoms with Crippen molar-refractivity contribution in [1.29, 1.82) is 0 Å². The minimum absolute atomic E-state index is 0.935. The summed E-state index contributed by atoms with van der Waals surface area (Å²) in [6.07, 6.45) is 11.6. The fraction of sp³-hybridized carbons (Fsp3) is 0.125. The molecule has 35 heavy (non-hydrogen) atoms. The number of para-hydroxylation sites is 4. The molecule has 0 spiro atoms. The molecule has 2 heterocycles. The van der Waals surface area contributed by atoms with E-state index in [9.17, 15) is 0 Å². The minimum atomic E-state index is 0.935. The maximum Gasteiger partial charge on any atom is 0.0861 e. The summed E-state index contributed by atoms with van der Waals surface area (Å²) >= 11 is 0. The van der Waals surface area contributed by atoms with Crippen LogP contribution >= 0.6 is 0 Å². The van der Waals surface area contributed by atoms with Gasteiger partial charge < -0.3 is 14.7 Å². The molecule has 0 bridgehead atoms. The number of ether oxygens (including phenoxy) is 1. The molecule has 6 aromatic rings. The quantitative estimate of drug-likeness (QED) is 0.221. The predicted molar refractivity (Wildman–Crippen MR) is 148 cm³/mol. The normalized spacial score (nSPS) is 12.2. The predicted octanol–water partition coefficient (Wildman–Crippen LogP) is 8.57. The van der Waals surface area contributed by atoms with Gasteiger partial charge in [-0.3, -0.25) is 0 Å². The molecule has 0 aliphatic rings. The molecule has 0 aliphatic heterocycles. The van der Waals surface area contributed by atoms with Crippen LogP contribution < -0.4 is 0 Å². The summed E-state index contributed by atoms with van der Waals surface area (Å²) in [6.45, 7) is 0. The Morgan fingerprint density at radius 2 is 0.971 bits per heavy atom. The Balaban J connectivity index is 1.02. The Hall–Kier alpha value is -4.24. The first-order valence-corrected chi connectivity index (χ1v) is 12.3. The number of benzene rings is 4.